The molecule has 2 unspecified atom stereocenters. The summed E-state index contributed by atoms with van der Waals surface area (Å²) in [5.74, 6) is 0.233. The van der Waals surface area contributed by atoms with E-state index >= 15 is 0 Å². The zero-order chi connectivity index (χ0) is 28.8. The van der Waals surface area contributed by atoms with Gasteiger partial charge in [-0.25, -0.2) is 4.99 Å². The molecule has 41 heavy (non-hydrogen) atoms. The molecule has 2 aliphatic rings. The number of ether oxygens (including phenoxy) is 1. The predicted octanol–water partition coefficient (Wildman–Crippen LogP) is 4.55. The van der Waals surface area contributed by atoms with E-state index in [1.165, 1.54) is 11.8 Å². The number of carbonyl (C=O) groups is 3. The first kappa shape index (κ1) is 28.1. The average molecular weight is 570 g/mol. The molecule has 2 atom stereocenters. The number of carbonyl (C=O) groups excluding carboxylic acids is 3. The van der Waals surface area contributed by atoms with Crippen molar-refractivity contribution in [2.75, 3.05) is 19.0 Å². The van der Waals surface area contributed by atoms with Crippen molar-refractivity contribution in [2.45, 2.75) is 37.5 Å². The van der Waals surface area contributed by atoms with Gasteiger partial charge >= 0.3 is 0 Å². The number of hydrogen-bond donors (Lipinski definition) is 2. The molecule has 0 radical (unpaired) electrons. The lowest BCUT2D eigenvalue weighted by Gasteiger charge is -2.32. The van der Waals surface area contributed by atoms with Crippen LogP contribution >= 0.6 is 11.8 Å². The molecule has 2 N–H and O–H groups in total. The minimum atomic E-state index is -0.847. The van der Waals surface area contributed by atoms with Crippen LogP contribution in [0.15, 0.2) is 88.8 Å². The molecule has 0 saturated carbocycles. The summed E-state index contributed by atoms with van der Waals surface area (Å²) in [6, 6.07) is 23.6. The average Bonchev–Trinajstić information content (AvgIpc) is 3.32. The minimum Gasteiger partial charge on any atom is -0.497 e. The number of amidine groups is 2. The Labute approximate surface area is 243 Å². The Morgan fingerprint density at radius 3 is 2.59 bits per heavy atom. The van der Waals surface area contributed by atoms with Gasteiger partial charge < -0.3 is 15.4 Å². The Morgan fingerprint density at radius 2 is 1.80 bits per heavy atom. The molecule has 2 heterocycles. The summed E-state index contributed by atoms with van der Waals surface area (Å²) in [7, 11) is 1.57. The SMILES string of the molecule is CCC(SC1=Nc2ccccc2C2=NC(=O)C(CC(=O)NCCc3ccccc3)N12)C(=O)Nc1cccc(OC)c1. The number of thioether (sulfide) groups is 1. The summed E-state index contributed by atoms with van der Waals surface area (Å²) < 4.78 is 5.27. The number of fused-ring (bicyclic) bond motifs is 3. The van der Waals surface area contributed by atoms with Gasteiger partial charge in [0.1, 0.15) is 17.6 Å². The summed E-state index contributed by atoms with van der Waals surface area (Å²) >= 11 is 1.26. The normalized spacial score (nSPS) is 16.2. The van der Waals surface area contributed by atoms with Crippen molar-refractivity contribution >= 4 is 51.9 Å². The zero-order valence-electron chi connectivity index (χ0n) is 22.9. The van der Waals surface area contributed by atoms with Gasteiger partial charge in [-0.15, -0.1) is 0 Å². The quantitative estimate of drug-likeness (QED) is 0.370. The van der Waals surface area contributed by atoms with E-state index in [4.69, 9.17) is 9.73 Å². The highest BCUT2D eigenvalue weighted by Gasteiger charge is 2.43. The molecule has 0 fully saturated rings. The molecule has 3 aromatic carbocycles. The van der Waals surface area contributed by atoms with Crippen LogP contribution in [-0.4, -0.2) is 58.6 Å². The Morgan fingerprint density at radius 1 is 1.02 bits per heavy atom. The van der Waals surface area contributed by atoms with E-state index in [1.54, 1.807) is 36.3 Å². The van der Waals surface area contributed by atoms with Gasteiger partial charge in [-0.1, -0.05) is 67.2 Å². The smallest absolute Gasteiger partial charge is 0.271 e. The van der Waals surface area contributed by atoms with Crippen LogP contribution < -0.4 is 15.4 Å². The number of rotatable bonds is 10. The maximum Gasteiger partial charge on any atom is 0.271 e. The topological polar surface area (TPSA) is 112 Å². The Hall–Kier alpha value is -4.44. The van der Waals surface area contributed by atoms with E-state index in [-0.39, 0.29) is 18.2 Å². The molecule has 10 heteroatoms. The van der Waals surface area contributed by atoms with Gasteiger partial charge in [0, 0.05) is 23.9 Å². The number of para-hydroxylation sites is 1. The van der Waals surface area contributed by atoms with Crippen molar-refractivity contribution in [1.29, 1.82) is 0 Å². The number of nitrogens with one attached hydrogen (secondary N) is 2. The molecule has 0 bridgehead atoms. The van der Waals surface area contributed by atoms with Crippen molar-refractivity contribution in [3.63, 3.8) is 0 Å². The van der Waals surface area contributed by atoms with Gasteiger partial charge in [-0.3, -0.25) is 19.3 Å². The summed E-state index contributed by atoms with van der Waals surface area (Å²) in [5.41, 5.74) is 3.11. The molecule has 0 aromatic heterocycles. The van der Waals surface area contributed by atoms with Crippen LogP contribution in [0, 0.1) is 0 Å². The number of methoxy groups -OCH3 is 1. The summed E-state index contributed by atoms with van der Waals surface area (Å²) in [5, 5.41) is 5.83. The second kappa shape index (κ2) is 12.8. The Balaban J connectivity index is 1.33. The molecule has 0 saturated heterocycles. The fraction of sp³-hybridized carbons (Fsp3) is 0.258. The van der Waals surface area contributed by atoms with Gasteiger partial charge in [-0.2, -0.15) is 4.99 Å². The van der Waals surface area contributed by atoms with Gasteiger partial charge in [0.25, 0.3) is 5.91 Å². The van der Waals surface area contributed by atoms with Crippen molar-refractivity contribution in [3.8, 4) is 5.75 Å². The van der Waals surface area contributed by atoms with Gasteiger partial charge in [0.15, 0.2) is 5.17 Å². The number of nitrogens with zero attached hydrogens (tertiary/aromatic N) is 3. The molecule has 3 aromatic rings. The van der Waals surface area contributed by atoms with E-state index in [2.05, 4.69) is 15.6 Å². The van der Waals surface area contributed by atoms with Crippen molar-refractivity contribution in [1.82, 2.24) is 10.2 Å². The minimum absolute atomic E-state index is 0.0742. The van der Waals surface area contributed by atoms with E-state index < -0.39 is 17.2 Å². The molecule has 5 rings (SSSR count). The van der Waals surface area contributed by atoms with Crippen LogP contribution in [0.25, 0.3) is 0 Å². The lowest BCUT2D eigenvalue weighted by molar-refractivity contribution is -0.126. The molecule has 2 aliphatic heterocycles. The van der Waals surface area contributed by atoms with Crippen molar-refractivity contribution in [2.24, 2.45) is 9.98 Å². The third-order valence-electron chi connectivity index (χ3n) is 6.81. The number of benzene rings is 3. The Bertz CT molecular complexity index is 1510. The third-order valence-corrected chi connectivity index (χ3v) is 8.14. The number of anilines is 1. The van der Waals surface area contributed by atoms with Crippen LogP contribution in [0.5, 0.6) is 5.75 Å². The van der Waals surface area contributed by atoms with Crippen molar-refractivity contribution < 1.29 is 19.1 Å². The van der Waals surface area contributed by atoms with Crippen LogP contribution in [0.3, 0.4) is 0 Å². The first-order valence-electron chi connectivity index (χ1n) is 13.5. The second-order valence-electron chi connectivity index (χ2n) is 9.60. The third kappa shape index (κ3) is 6.49. The number of amides is 3. The number of hydrogen-bond acceptors (Lipinski definition) is 7. The number of aliphatic imine (C=N–C) groups is 2. The second-order valence-corrected chi connectivity index (χ2v) is 10.8. The predicted molar refractivity (Wildman–Crippen MR) is 162 cm³/mol. The van der Waals surface area contributed by atoms with Crippen LogP contribution in [0.1, 0.15) is 30.9 Å². The molecular formula is C31H31N5O4S. The summed E-state index contributed by atoms with van der Waals surface area (Å²) in [6.07, 6.45) is 1.13. The fourth-order valence-corrected chi connectivity index (χ4v) is 5.76. The highest BCUT2D eigenvalue weighted by atomic mass is 32.2. The monoisotopic (exact) mass is 569 g/mol. The molecule has 9 nitrogen and oxygen atoms in total. The van der Waals surface area contributed by atoms with Gasteiger partial charge in [0.05, 0.1) is 24.5 Å². The largest absolute Gasteiger partial charge is 0.497 e. The maximum atomic E-state index is 13.3. The van der Waals surface area contributed by atoms with Crippen molar-refractivity contribution in [3.05, 3.63) is 90.0 Å². The maximum absolute atomic E-state index is 13.3. The van der Waals surface area contributed by atoms with Gasteiger partial charge in [0.2, 0.25) is 11.8 Å². The van der Waals surface area contributed by atoms with Crippen LogP contribution in [0.2, 0.25) is 0 Å². The highest BCUT2D eigenvalue weighted by Crippen LogP contribution is 2.36. The van der Waals surface area contributed by atoms with Gasteiger partial charge in [-0.05, 0) is 42.7 Å². The molecule has 0 spiro atoms. The lowest BCUT2D eigenvalue weighted by atomic mass is 10.1. The fourth-order valence-electron chi connectivity index (χ4n) is 4.70. The molecule has 3 amide bonds. The van der Waals surface area contributed by atoms with E-state index in [1.807, 2.05) is 61.5 Å². The Kier molecular flexibility index (Phi) is 8.79. The lowest BCUT2D eigenvalue weighted by Crippen LogP contribution is -2.47. The van der Waals surface area contributed by atoms with Crippen LogP contribution in [-0.2, 0) is 20.8 Å². The first-order chi connectivity index (χ1) is 20.0. The van der Waals surface area contributed by atoms with Crippen LogP contribution in [0.4, 0.5) is 11.4 Å². The standard InChI is InChI=1S/C31H31N5O4S/c1-3-26(30(39)33-21-12-9-13-22(18-21)40-2)41-31-34-24-15-8-7-14-23(24)28-35-29(38)25(36(28)31)19-27(37)32-17-16-20-10-5-4-6-11-20/h4-15,18,25-26H,3,16-17,19H2,1-2H3,(H,32,37)(H,33,39). The highest BCUT2D eigenvalue weighted by molar-refractivity contribution is 8.15. The molecule has 210 valence electrons. The first-order valence-corrected chi connectivity index (χ1v) is 14.4. The summed E-state index contributed by atoms with van der Waals surface area (Å²) in [4.78, 5) is 50.3. The van der Waals surface area contributed by atoms with E-state index in [0.717, 1.165) is 5.56 Å². The summed E-state index contributed by atoms with van der Waals surface area (Å²) in [6.45, 7) is 2.38. The van der Waals surface area contributed by atoms with E-state index in [9.17, 15) is 14.4 Å². The molecular weight excluding hydrogens is 538 g/mol. The molecule has 0 aliphatic carbocycles. The van der Waals surface area contributed by atoms with E-state index in [0.29, 0.717) is 53.1 Å². The zero-order valence-corrected chi connectivity index (χ0v) is 23.7.